The highest BCUT2D eigenvalue weighted by molar-refractivity contribution is 6.80. The van der Waals surface area contributed by atoms with Crippen LogP contribution >= 0.6 is 0 Å². The number of hydrogen-bond acceptors (Lipinski definition) is 5. The van der Waals surface area contributed by atoms with Crippen LogP contribution in [0.25, 0.3) is 61.2 Å². The Bertz CT molecular complexity index is 3350. The summed E-state index contributed by atoms with van der Waals surface area (Å²) in [6, 6.07) is 65.0. The fraction of sp³-hybridized carbons (Fsp3) is 0. The van der Waals surface area contributed by atoms with Gasteiger partial charge in [0, 0.05) is 34.0 Å². The van der Waals surface area contributed by atoms with E-state index >= 15 is 0 Å². The fourth-order valence-corrected chi connectivity index (χ4v) is 9.47. The molecular weight excluding hydrogens is 699 g/mol. The molecule has 0 fully saturated rings. The molecule has 266 valence electrons. The molecule has 0 saturated heterocycles. The predicted molar refractivity (Wildman–Crippen MR) is 233 cm³/mol. The molecule has 0 amide bonds. The van der Waals surface area contributed by atoms with Crippen molar-refractivity contribution < 1.29 is 0 Å². The van der Waals surface area contributed by atoms with Gasteiger partial charge in [0.05, 0.1) is 56.0 Å². The summed E-state index contributed by atoms with van der Waals surface area (Å²) < 4.78 is 6.88. The lowest BCUT2D eigenvalue weighted by atomic mass is 9.86. The number of imidazole rings is 2. The van der Waals surface area contributed by atoms with Crippen LogP contribution < -0.4 is 14.4 Å². The molecule has 4 aromatic heterocycles. The molecule has 0 spiro atoms. The lowest BCUT2D eigenvalue weighted by Gasteiger charge is -2.31. The van der Waals surface area contributed by atoms with E-state index in [0.29, 0.717) is 0 Å². The minimum Gasteiger partial charge on any atom is -0.344 e. The van der Waals surface area contributed by atoms with E-state index in [1.54, 1.807) is 0 Å². The quantitative estimate of drug-likeness (QED) is 0.169. The lowest BCUT2D eigenvalue weighted by molar-refractivity contribution is 1.11. The number of hydrogen-bond donors (Lipinski definition) is 0. The zero-order valence-electron chi connectivity index (χ0n) is 30.6. The van der Waals surface area contributed by atoms with E-state index in [-0.39, 0.29) is 7.12 Å². The molecule has 2 aliphatic rings. The maximum Gasteiger partial charge on any atom is 0.519 e. The predicted octanol–water partition coefficient (Wildman–Crippen LogP) is 11.3. The van der Waals surface area contributed by atoms with Crippen molar-refractivity contribution in [2.45, 2.75) is 0 Å². The second-order valence-corrected chi connectivity index (χ2v) is 14.8. The Kier molecular flexibility index (Phi) is 6.10. The number of fused-ring (bicyclic) bond motifs is 13. The molecule has 6 heterocycles. The molecule has 2 aliphatic heterocycles. The Morgan fingerprint density at radius 2 is 0.982 bits per heavy atom. The minimum absolute atomic E-state index is 0.137. The van der Waals surface area contributed by atoms with Crippen LogP contribution in [-0.4, -0.2) is 30.6 Å². The Morgan fingerprint density at radius 3 is 1.77 bits per heavy atom. The van der Waals surface area contributed by atoms with Gasteiger partial charge in [-0.2, -0.15) is 0 Å². The summed E-state index contributed by atoms with van der Waals surface area (Å²) in [5.41, 5.74) is 15.3. The Morgan fingerprint density at radius 1 is 0.386 bits per heavy atom. The molecule has 9 heteroatoms. The van der Waals surface area contributed by atoms with E-state index < -0.39 is 0 Å². The van der Waals surface area contributed by atoms with Crippen molar-refractivity contribution >= 4 is 91.0 Å². The van der Waals surface area contributed by atoms with Crippen molar-refractivity contribution in [2.75, 3.05) is 14.4 Å². The van der Waals surface area contributed by atoms with Crippen LogP contribution in [0, 0.1) is 0 Å². The van der Waals surface area contributed by atoms with Crippen molar-refractivity contribution in [2.24, 2.45) is 0 Å². The van der Waals surface area contributed by atoms with Crippen molar-refractivity contribution in [3.05, 3.63) is 188 Å². The summed E-state index contributed by atoms with van der Waals surface area (Å²) in [4.78, 5) is 17.6. The molecule has 57 heavy (non-hydrogen) atoms. The highest BCUT2D eigenvalue weighted by Crippen LogP contribution is 2.55. The summed E-state index contributed by atoms with van der Waals surface area (Å²) in [6.07, 6.45) is 1.87. The smallest absolute Gasteiger partial charge is 0.344 e. The Balaban J connectivity index is 1.01. The van der Waals surface area contributed by atoms with E-state index in [0.717, 1.165) is 72.8 Å². The number of aromatic nitrogens is 5. The second kappa shape index (κ2) is 11.4. The lowest BCUT2D eigenvalue weighted by Crippen LogP contribution is -2.51. The first-order valence-corrected chi connectivity index (χ1v) is 19.3. The third-order valence-electron chi connectivity index (χ3n) is 11.8. The van der Waals surface area contributed by atoms with E-state index in [9.17, 15) is 0 Å². The van der Waals surface area contributed by atoms with Gasteiger partial charge >= 0.3 is 7.12 Å². The fourth-order valence-electron chi connectivity index (χ4n) is 9.47. The van der Waals surface area contributed by atoms with E-state index in [1.807, 2.05) is 12.3 Å². The van der Waals surface area contributed by atoms with E-state index in [1.165, 1.54) is 22.4 Å². The van der Waals surface area contributed by atoms with Gasteiger partial charge in [0.2, 0.25) is 5.78 Å². The van der Waals surface area contributed by atoms with Crippen LogP contribution in [-0.2, 0) is 0 Å². The van der Waals surface area contributed by atoms with Gasteiger partial charge in [-0.05, 0) is 103 Å². The zero-order valence-corrected chi connectivity index (χ0v) is 30.6. The van der Waals surface area contributed by atoms with Crippen LogP contribution in [0.2, 0.25) is 0 Å². The molecule has 0 unspecified atom stereocenters. The average molecular weight is 731 g/mol. The summed E-state index contributed by atoms with van der Waals surface area (Å²) in [5, 5.41) is 2.33. The Labute approximate surface area is 327 Å². The number of para-hydroxylation sites is 8. The van der Waals surface area contributed by atoms with Gasteiger partial charge < -0.3 is 14.4 Å². The third-order valence-corrected chi connectivity index (χ3v) is 11.8. The molecule has 7 aromatic carbocycles. The highest BCUT2D eigenvalue weighted by Gasteiger charge is 2.53. The zero-order chi connectivity index (χ0) is 37.2. The van der Waals surface area contributed by atoms with Gasteiger partial charge in [0.25, 0.3) is 0 Å². The van der Waals surface area contributed by atoms with Gasteiger partial charge in [-0.15, -0.1) is 0 Å². The minimum atomic E-state index is -0.137. The maximum atomic E-state index is 5.34. The molecule has 0 saturated carbocycles. The summed E-state index contributed by atoms with van der Waals surface area (Å²) in [6.45, 7) is 0. The number of anilines is 6. The monoisotopic (exact) mass is 730 g/mol. The number of benzene rings is 7. The molecule has 0 atom stereocenters. The van der Waals surface area contributed by atoms with Gasteiger partial charge in [-0.25, -0.2) is 9.97 Å². The van der Waals surface area contributed by atoms with Crippen LogP contribution in [0.1, 0.15) is 0 Å². The number of nitrogens with zero attached hydrogens (tertiary/aromatic N) is 8. The topological polar surface area (TPSA) is 49.8 Å². The first-order valence-electron chi connectivity index (χ1n) is 19.3. The van der Waals surface area contributed by atoms with Gasteiger partial charge in [0.1, 0.15) is 5.65 Å². The number of rotatable bonds is 4. The Hall–Kier alpha value is -7.78. The van der Waals surface area contributed by atoms with Crippen molar-refractivity contribution in [3.63, 3.8) is 0 Å². The third kappa shape index (κ3) is 4.12. The SMILES string of the molecule is c1ccc(N2B3N(c4cccc(-n5c6ccccc6n6c7cc(-n8c9ccccc9c9cccnc98)ccc7nc56)c4)c4ccccc4N3c3ccccc32)cc1. The van der Waals surface area contributed by atoms with Gasteiger partial charge in [0.15, 0.2) is 0 Å². The van der Waals surface area contributed by atoms with Crippen molar-refractivity contribution in [1.82, 2.24) is 23.5 Å². The molecule has 13 rings (SSSR count). The van der Waals surface area contributed by atoms with Crippen LogP contribution in [0.5, 0.6) is 0 Å². The highest BCUT2D eigenvalue weighted by atomic mass is 15.4. The molecule has 0 aliphatic carbocycles. The summed E-state index contributed by atoms with van der Waals surface area (Å²) in [7, 11) is -0.137. The molecule has 8 nitrogen and oxygen atoms in total. The molecule has 0 N–H and O–H groups in total. The normalized spacial score (nSPS) is 13.5. The maximum absolute atomic E-state index is 5.34. The first kappa shape index (κ1) is 30.5. The van der Waals surface area contributed by atoms with Crippen molar-refractivity contribution in [1.29, 1.82) is 0 Å². The van der Waals surface area contributed by atoms with E-state index in [4.69, 9.17) is 9.97 Å². The van der Waals surface area contributed by atoms with Crippen LogP contribution in [0.4, 0.5) is 34.1 Å². The van der Waals surface area contributed by atoms with Gasteiger partial charge in [-0.3, -0.25) is 13.5 Å². The van der Waals surface area contributed by atoms with Crippen LogP contribution in [0.3, 0.4) is 0 Å². The largest absolute Gasteiger partial charge is 0.519 e. The van der Waals surface area contributed by atoms with Crippen molar-refractivity contribution in [3.8, 4) is 11.4 Å². The van der Waals surface area contributed by atoms with Crippen LogP contribution in [0.15, 0.2) is 188 Å². The molecule has 0 bridgehead atoms. The molecular formula is C48H31BN8. The summed E-state index contributed by atoms with van der Waals surface area (Å²) in [5.74, 6) is 0.864. The second-order valence-electron chi connectivity index (χ2n) is 14.8. The summed E-state index contributed by atoms with van der Waals surface area (Å²) >= 11 is 0. The number of pyridine rings is 1. The first-order chi connectivity index (χ1) is 28.3. The molecule has 11 aromatic rings. The van der Waals surface area contributed by atoms with Gasteiger partial charge in [-0.1, -0.05) is 78.9 Å². The standard InChI is InChI=1S/C48H31BN8/c1-2-14-32(15-3-1)55-42-23-8-10-25-44(42)57-45-26-11-9-24-43(45)56(49(55)57)35-17-12-16-33(30-35)53-40-21-6-7-22-41(40)54-46-31-34(27-28-38(46)51-48(53)54)52-39-20-5-4-18-36(39)37-19-13-29-50-47(37)52/h1-31H. The van der Waals surface area contributed by atoms with E-state index in [2.05, 4.69) is 204 Å². The molecule has 0 radical (unpaired) electrons. The average Bonchev–Trinajstić information content (AvgIpc) is 4.06.